The number of pyridine rings is 2. The fraction of sp³-hybridized carbons (Fsp3) is 0.423. The number of aliphatic hydroxyl groups excluding tert-OH is 4. The Balaban J connectivity index is 1.49. The molecule has 3 aliphatic rings. The molecule has 6 rings (SSSR count). The van der Waals surface area contributed by atoms with Crippen molar-refractivity contribution in [1.29, 1.82) is 0 Å². The standard InChI is InChI=1S/C26H26N2O9/c1-2-26(37-24-22(32)21(31)20(30)18(10-29)36-24)15-8-17-19-13(7-12-5-3-4-6-16(12)27-19)9-28(17)23(33)14(15)11-35-25(26)34/h3-8,18,20-22,24,29-32H,2,9-11H2,1H3/t18-,20-,21+,22-,24+,26?/m1/s1. The highest BCUT2D eigenvalue weighted by atomic mass is 16.7. The average molecular weight is 510 g/mol. The molecule has 3 aromatic rings. The third-order valence-corrected chi connectivity index (χ3v) is 7.55. The molecule has 0 spiro atoms. The summed E-state index contributed by atoms with van der Waals surface area (Å²) in [6.45, 7) is 1.06. The largest absolute Gasteiger partial charge is 0.458 e. The van der Waals surface area contributed by atoms with Gasteiger partial charge in [0, 0.05) is 16.5 Å². The van der Waals surface area contributed by atoms with Crippen LogP contribution in [0.3, 0.4) is 0 Å². The van der Waals surface area contributed by atoms with E-state index in [0.717, 1.165) is 16.5 Å². The van der Waals surface area contributed by atoms with Crippen molar-refractivity contribution < 1.29 is 39.4 Å². The number of para-hydroxylation sites is 1. The van der Waals surface area contributed by atoms with Crippen LogP contribution in [-0.2, 0) is 37.8 Å². The Morgan fingerprint density at radius 2 is 1.92 bits per heavy atom. The minimum Gasteiger partial charge on any atom is -0.458 e. The molecule has 4 N–H and O–H groups in total. The molecule has 6 atom stereocenters. The van der Waals surface area contributed by atoms with Gasteiger partial charge in [-0.25, -0.2) is 9.78 Å². The number of carbonyl (C=O) groups excluding carboxylic acids is 1. The lowest BCUT2D eigenvalue weighted by Crippen LogP contribution is -2.61. The molecule has 11 heteroatoms. The lowest BCUT2D eigenvalue weighted by atomic mass is 9.85. The van der Waals surface area contributed by atoms with Crippen LogP contribution in [-0.4, -0.2) is 73.3 Å². The van der Waals surface area contributed by atoms with Crippen molar-refractivity contribution in [2.75, 3.05) is 6.61 Å². The summed E-state index contributed by atoms with van der Waals surface area (Å²) in [4.78, 5) is 31.7. The highest BCUT2D eigenvalue weighted by Crippen LogP contribution is 2.42. The SMILES string of the molecule is CCC1(O[C@@H]2O[C@H](CO)[C@@H](O)[C@H](O)[C@H]2O)C(=O)OCc2c1cc1n(c2=O)Cc2cc3ccccc3nc2-1. The Labute approximate surface area is 210 Å². The van der Waals surface area contributed by atoms with Crippen molar-refractivity contribution in [3.8, 4) is 11.4 Å². The molecule has 1 aromatic carbocycles. The maximum absolute atomic E-state index is 13.6. The monoisotopic (exact) mass is 510 g/mol. The van der Waals surface area contributed by atoms with E-state index in [9.17, 15) is 30.0 Å². The highest BCUT2D eigenvalue weighted by molar-refractivity contribution is 5.86. The average Bonchev–Trinajstić information content (AvgIpc) is 3.27. The topological polar surface area (TPSA) is 161 Å². The minimum atomic E-state index is -1.85. The van der Waals surface area contributed by atoms with E-state index in [1.165, 1.54) is 0 Å². The predicted octanol–water partition coefficient (Wildman–Crippen LogP) is -0.0962. The summed E-state index contributed by atoms with van der Waals surface area (Å²) < 4.78 is 18.5. The third kappa shape index (κ3) is 3.46. The molecule has 0 bridgehead atoms. The van der Waals surface area contributed by atoms with Gasteiger partial charge in [0.2, 0.25) is 0 Å². The zero-order chi connectivity index (χ0) is 26.1. The number of rotatable bonds is 4. The fourth-order valence-electron chi connectivity index (χ4n) is 5.47. The number of aromatic nitrogens is 2. The van der Waals surface area contributed by atoms with Gasteiger partial charge >= 0.3 is 5.97 Å². The number of carbonyl (C=O) groups is 1. The first kappa shape index (κ1) is 24.2. The van der Waals surface area contributed by atoms with Crippen LogP contribution >= 0.6 is 0 Å². The Kier molecular flexibility index (Phi) is 5.68. The van der Waals surface area contributed by atoms with Crippen LogP contribution in [0.5, 0.6) is 0 Å². The summed E-state index contributed by atoms with van der Waals surface area (Å²) in [5.74, 6) is -0.784. The first-order valence-corrected chi connectivity index (χ1v) is 12.1. The van der Waals surface area contributed by atoms with Gasteiger partial charge in [-0.2, -0.15) is 0 Å². The smallest absolute Gasteiger partial charge is 0.343 e. The highest BCUT2D eigenvalue weighted by Gasteiger charge is 2.53. The molecule has 1 saturated heterocycles. The summed E-state index contributed by atoms with van der Waals surface area (Å²) in [5.41, 5.74) is 1.06. The van der Waals surface area contributed by atoms with Crippen molar-refractivity contribution in [1.82, 2.24) is 9.55 Å². The number of aliphatic hydroxyl groups is 4. The van der Waals surface area contributed by atoms with Crippen molar-refractivity contribution in [3.05, 3.63) is 63.4 Å². The van der Waals surface area contributed by atoms with Crippen molar-refractivity contribution in [2.45, 2.75) is 62.8 Å². The quantitative estimate of drug-likeness (QED) is 0.273. The number of esters is 1. The first-order valence-electron chi connectivity index (χ1n) is 12.1. The maximum atomic E-state index is 13.6. The van der Waals surface area contributed by atoms with E-state index in [-0.39, 0.29) is 29.7 Å². The van der Waals surface area contributed by atoms with Crippen LogP contribution in [0.2, 0.25) is 0 Å². The van der Waals surface area contributed by atoms with Crippen LogP contribution in [0.25, 0.3) is 22.3 Å². The normalized spacial score (nSPS) is 30.5. The Morgan fingerprint density at radius 3 is 2.68 bits per heavy atom. The molecule has 0 amide bonds. The van der Waals surface area contributed by atoms with E-state index in [2.05, 4.69) is 0 Å². The lowest BCUT2D eigenvalue weighted by molar-refractivity contribution is -0.328. The number of nitrogens with zero attached hydrogens (tertiary/aromatic N) is 2. The van der Waals surface area contributed by atoms with Gasteiger partial charge < -0.3 is 39.2 Å². The zero-order valence-corrected chi connectivity index (χ0v) is 19.9. The number of ether oxygens (including phenoxy) is 3. The maximum Gasteiger partial charge on any atom is 0.343 e. The second-order valence-corrected chi connectivity index (χ2v) is 9.57. The molecule has 0 radical (unpaired) electrons. The van der Waals surface area contributed by atoms with E-state index in [1.54, 1.807) is 17.6 Å². The van der Waals surface area contributed by atoms with Gasteiger partial charge in [0.1, 0.15) is 31.0 Å². The third-order valence-electron chi connectivity index (χ3n) is 7.55. The Bertz CT molecular complexity index is 1470. The molecule has 0 saturated carbocycles. The number of benzene rings is 1. The molecule has 3 aliphatic heterocycles. The summed E-state index contributed by atoms with van der Waals surface area (Å²) in [7, 11) is 0. The van der Waals surface area contributed by atoms with Gasteiger partial charge in [-0.3, -0.25) is 4.79 Å². The van der Waals surface area contributed by atoms with Crippen molar-refractivity contribution in [2.24, 2.45) is 0 Å². The summed E-state index contributed by atoms with van der Waals surface area (Å²) in [5, 5.41) is 41.4. The fourth-order valence-corrected chi connectivity index (χ4v) is 5.47. The molecule has 0 aliphatic carbocycles. The summed E-state index contributed by atoms with van der Waals surface area (Å²) >= 11 is 0. The predicted molar refractivity (Wildman–Crippen MR) is 127 cm³/mol. The van der Waals surface area contributed by atoms with Gasteiger partial charge in [-0.15, -0.1) is 0 Å². The van der Waals surface area contributed by atoms with Crippen LogP contribution in [0.4, 0.5) is 0 Å². The van der Waals surface area contributed by atoms with Gasteiger partial charge in [-0.1, -0.05) is 25.1 Å². The van der Waals surface area contributed by atoms with Crippen LogP contribution in [0, 0.1) is 0 Å². The molecule has 5 heterocycles. The van der Waals surface area contributed by atoms with E-state index >= 15 is 0 Å². The van der Waals surface area contributed by atoms with E-state index < -0.39 is 48.9 Å². The van der Waals surface area contributed by atoms with Crippen molar-refractivity contribution in [3.63, 3.8) is 0 Å². The molecule has 11 nitrogen and oxygen atoms in total. The molecule has 1 unspecified atom stereocenters. The first-order chi connectivity index (χ1) is 17.8. The van der Waals surface area contributed by atoms with Gasteiger partial charge in [-0.05, 0) is 24.6 Å². The Hall–Kier alpha value is -3.19. The van der Waals surface area contributed by atoms with Gasteiger partial charge in [0.25, 0.3) is 5.56 Å². The number of hydrogen-bond acceptors (Lipinski definition) is 10. The lowest BCUT2D eigenvalue weighted by Gasteiger charge is -2.44. The molecule has 194 valence electrons. The second kappa shape index (κ2) is 8.69. The van der Waals surface area contributed by atoms with Gasteiger partial charge in [0.15, 0.2) is 11.9 Å². The molecular formula is C26H26N2O9. The van der Waals surface area contributed by atoms with Crippen molar-refractivity contribution >= 4 is 16.9 Å². The van der Waals surface area contributed by atoms with E-state index in [1.807, 2.05) is 30.3 Å². The van der Waals surface area contributed by atoms with E-state index in [0.29, 0.717) is 17.9 Å². The molecular weight excluding hydrogens is 484 g/mol. The van der Waals surface area contributed by atoms with Crippen LogP contribution in [0.1, 0.15) is 30.0 Å². The molecule has 1 fully saturated rings. The summed E-state index contributed by atoms with van der Waals surface area (Å²) in [6.07, 6.45) is -7.84. The van der Waals surface area contributed by atoms with E-state index in [4.69, 9.17) is 19.2 Å². The Morgan fingerprint density at radius 1 is 1.14 bits per heavy atom. The summed E-state index contributed by atoms with van der Waals surface area (Å²) in [6, 6.07) is 11.3. The number of cyclic esters (lactones) is 1. The number of hydrogen-bond donors (Lipinski definition) is 4. The zero-order valence-electron chi connectivity index (χ0n) is 19.9. The number of fused-ring (bicyclic) bond motifs is 5. The van der Waals surface area contributed by atoms with Gasteiger partial charge in [0.05, 0.1) is 35.6 Å². The molecule has 37 heavy (non-hydrogen) atoms. The van der Waals surface area contributed by atoms with Crippen LogP contribution in [0.15, 0.2) is 41.2 Å². The second-order valence-electron chi connectivity index (χ2n) is 9.57. The van der Waals surface area contributed by atoms with Crippen LogP contribution < -0.4 is 5.56 Å². The minimum absolute atomic E-state index is 0.00868. The molecule has 2 aromatic heterocycles.